The zero-order valence-electron chi connectivity index (χ0n) is 9.17. The van der Waals surface area contributed by atoms with E-state index in [9.17, 15) is 0 Å². The van der Waals surface area contributed by atoms with Gasteiger partial charge in [0.25, 0.3) is 0 Å². The van der Waals surface area contributed by atoms with E-state index in [-0.39, 0.29) is 0 Å². The fourth-order valence-corrected chi connectivity index (χ4v) is 2.31. The van der Waals surface area contributed by atoms with Crippen LogP contribution in [0.5, 0.6) is 0 Å². The summed E-state index contributed by atoms with van der Waals surface area (Å²) in [6.45, 7) is 5.52. The van der Waals surface area contributed by atoms with E-state index >= 15 is 0 Å². The predicted octanol–water partition coefficient (Wildman–Crippen LogP) is 0.195. The molecule has 13 heavy (non-hydrogen) atoms. The molecule has 1 heterocycles. The highest BCUT2D eigenvalue weighted by Crippen LogP contribution is 2.17. The van der Waals surface area contributed by atoms with Gasteiger partial charge >= 0.3 is 0 Å². The van der Waals surface area contributed by atoms with Gasteiger partial charge in [-0.25, -0.2) is 5.32 Å². The molecule has 3 unspecified atom stereocenters. The van der Waals surface area contributed by atoms with Crippen LogP contribution in [0.15, 0.2) is 0 Å². The Hall–Kier alpha value is -0.120. The maximum Gasteiger partial charge on any atom is 0.0389 e. The summed E-state index contributed by atoms with van der Waals surface area (Å²) in [5.74, 6) is 0.705. The molecule has 1 rings (SSSR count). The van der Waals surface area contributed by atoms with Crippen molar-refractivity contribution >= 4 is 0 Å². The van der Waals surface area contributed by atoms with E-state index in [1.165, 1.54) is 6.42 Å². The number of rotatable bonds is 2. The summed E-state index contributed by atoms with van der Waals surface area (Å²) in [7, 11) is 4.07. The molecule has 3 heteroatoms. The molecule has 1 fully saturated rings. The van der Waals surface area contributed by atoms with Crippen molar-refractivity contribution in [1.82, 2.24) is 16.0 Å². The number of nitrogens with zero attached hydrogens (tertiary/aromatic N) is 1. The van der Waals surface area contributed by atoms with E-state index in [1.54, 1.807) is 0 Å². The first-order valence-corrected chi connectivity index (χ1v) is 5.21. The summed E-state index contributed by atoms with van der Waals surface area (Å²) in [6, 6.07) is 1.45. The summed E-state index contributed by atoms with van der Waals surface area (Å²) in [4.78, 5) is 0. The molecule has 77 valence electrons. The van der Waals surface area contributed by atoms with Crippen molar-refractivity contribution in [2.75, 3.05) is 20.6 Å². The van der Waals surface area contributed by atoms with Crippen LogP contribution in [0.4, 0.5) is 0 Å². The average Bonchev–Trinajstić information content (AvgIpc) is 2.25. The van der Waals surface area contributed by atoms with Crippen LogP contribution in [-0.2, 0) is 0 Å². The van der Waals surface area contributed by atoms with E-state index in [2.05, 4.69) is 29.8 Å². The van der Waals surface area contributed by atoms with Crippen LogP contribution in [0.1, 0.15) is 20.3 Å². The zero-order valence-corrected chi connectivity index (χ0v) is 9.17. The molecular formula is C10H22N3. The highest BCUT2D eigenvalue weighted by Gasteiger charge is 2.31. The van der Waals surface area contributed by atoms with E-state index < -0.39 is 0 Å². The Labute approximate surface area is 81.7 Å². The van der Waals surface area contributed by atoms with Crippen LogP contribution in [0.2, 0.25) is 0 Å². The fourth-order valence-electron chi connectivity index (χ4n) is 2.31. The van der Waals surface area contributed by atoms with Crippen LogP contribution in [0.25, 0.3) is 0 Å². The van der Waals surface area contributed by atoms with Gasteiger partial charge in [0.2, 0.25) is 0 Å². The lowest BCUT2D eigenvalue weighted by molar-refractivity contribution is 0.297. The zero-order chi connectivity index (χ0) is 9.84. The van der Waals surface area contributed by atoms with Crippen LogP contribution in [0, 0.1) is 5.92 Å². The van der Waals surface area contributed by atoms with Crippen LogP contribution < -0.4 is 16.0 Å². The Morgan fingerprint density at radius 3 is 2.23 bits per heavy atom. The monoisotopic (exact) mass is 184 g/mol. The predicted molar refractivity (Wildman–Crippen MR) is 55.9 cm³/mol. The lowest BCUT2D eigenvalue weighted by Crippen LogP contribution is -2.54. The smallest absolute Gasteiger partial charge is 0.0389 e. The SMILES string of the molecule is CNC1C(C)CC[N]C(C)[C@@H]1NC. The molecule has 0 aromatic rings. The van der Waals surface area contributed by atoms with Gasteiger partial charge < -0.3 is 10.6 Å². The standard InChI is InChI=1S/C10H22N3/c1-7-5-6-13-8(2)10(12-4)9(7)11-3/h7-12H,5-6H2,1-4H3/t7?,8?,9?,10-/m0/s1. The third-order valence-electron chi connectivity index (χ3n) is 3.19. The molecule has 0 spiro atoms. The second-order valence-corrected chi connectivity index (χ2v) is 4.04. The second kappa shape index (κ2) is 4.94. The molecule has 0 amide bonds. The Balaban J connectivity index is 2.69. The third kappa shape index (κ3) is 2.42. The van der Waals surface area contributed by atoms with E-state index in [0.29, 0.717) is 24.0 Å². The molecule has 4 atom stereocenters. The summed E-state index contributed by atoms with van der Waals surface area (Å²) >= 11 is 0. The van der Waals surface area contributed by atoms with Crippen molar-refractivity contribution < 1.29 is 0 Å². The Bertz CT molecular complexity index is 133. The molecule has 2 N–H and O–H groups in total. The van der Waals surface area contributed by atoms with E-state index in [1.807, 2.05) is 14.1 Å². The van der Waals surface area contributed by atoms with Crippen molar-refractivity contribution in [2.24, 2.45) is 5.92 Å². The Morgan fingerprint density at radius 2 is 1.69 bits per heavy atom. The van der Waals surface area contributed by atoms with Crippen molar-refractivity contribution in [3.05, 3.63) is 0 Å². The lowest BCUT2D eigenvalue weighted by atomic mass is 9.91. The van der Waals surface area contributed by atoms with Gasteiger partial charge in [0.05, 0.1) is 0 Å². The van der Waals surface area contributed by atoms with Crippen LogP contribution in [0.3, 0.4) is 0 Å². The molecule has 0 aliphatic carbocycles. The molecule has 1 aliphatic rings. The fraction of sp³-hybridized carbons (Fsp3) is 1.00. The second-order valence-electron chi connectivity index (χ2n) is 4.04. The molecular weight excluding hydrogens is 162 g/mol. The minimum Gasteiger partial charge on any atom is -0.315 e. The van der Waals surface area contributed by atoms with Gasteiger partial charge in [0, 0.05) is 24.7 Å². The number of likely N-dealkylation sites (N-methyl/N-ethyl adjacent to an activating group) is 2. The molecule has 3 nitrogen and oxygen atoms in total. The average molecular weight is 184 g/mol. The van der Waals surface area contributed by atoms with Crippen molar-refractivity contribution in [1.29, 1.82) is 0 Å². The number of hydrogen-bond acceptors (Lipinski definition) is 2. The molecule has 1 saturated heterocycles. The molecule has 0 saturated carbocycles. The molecule has 1 aliphatic heterocycles. The maximum atomic E-state index is 4.62. The van der Waals surface area contributed by atoms with Crippen LogP contribution >= 0.6 is 0 Å². The lowest BCUT2D eigenvalue weighted by Gasteiger charge is -2.31. The van der Waals surface area contributed by atoms with Gasteiger partial charge in [-0.1, -0.05) is 6.92 Å². The minimum atomic E-state index is 0.424. The maximum absolute atomic E-state index is 4.62. The largest absolute Gasteiger partial charge is 0.315 e. The summed E-state index contributed by atoms with van der Waals surface area (Å²) in [5, 5.41) is 11.4. The summed E-state index contributed by atoms with van der Waals surface area (Å²) in [6.07, 6.45) is 1.20. The highest BCUT2D eigenvalue weighted by molar-refractivity contribution is 4.93. The van der Waals surface area contributed by atoms with Crippen molar-refractivity contribution in [2.45, 2.75) is 38.4 Å². The van der Waals surface area contributed by atoms with Gasteiger partial charge in [0.1, 0.15) is 0 Å². The first kappa shape index (κ1) is 11.0. The third-order valence-corrected chi connectivity index (χ3v) is 3.19. The number of hydrogen-bond donors (Lipinski definition) is 2. The quantitative estimate of drug-likeness (QED) is 0.643. The first-order chi connectivity index (χ1) is 6.20. The number of nitrogens with one attached hydrogen (secondary N) is 2. The molecule has 1 radical (unpaired) electrons. The minimum absolute atomic E-state index is 0.424. The van der Waals surface area contributed by atoms with Gasteiger partial charge in [-0.2, -0.15) is 0 Å². The van der Waals surface area contributed by atoms with Crippen molar-refractivity contribution in [3.63, 3.8) is 0 Å². The Kier molecular flexibility index (Phi) is 4.16. The van der Waals surface area contributed by atoms with Crippen molar-refractivity contribution in [3.8, 4) is 0 Å². The highest BCUT2D eigenvalue weighted by atomic mass is 15.1. The van der Waals surface area contributed by atoms with E-state index in [4.69, 9.17) is 0 Å². The molecule has 0 aromatic heterocycles. The summed E-state index contributed by atoms with van der Waals surface area (Å²) < 4.78 is 0. The summed E-state index contributed by atoms with van der Waals surface area (Å²) in [5.41, 5.74) is 0. The first-order valence-electron chi connectivity index (χ1n) is 5.21. The van der Waals surface area contributed by atoms with Gasteiger partial charge in [-0.05, 0) is 33.4 Å². The van der Waals surface area contributed by atoms with Crippen LogP contribution in [-0.4, -0.2) is 38.8 Å². The van der Waals surface area contributed by atoms with Gasteiger partial charge in [-0.3, -0.25) is 0 Å². The van der Waals surface area contributed by atoms with E-state index in [0.717, 1.165) is 6.54 Å². The Morgan fingerprint density at radius 1 is 1.08 bits per heavy atom. The topological polar surface area (TPSA) is 38.2 Å². The van der Waals surface area contributed by atoms with Gasteiger partial charge in [0.15, 0.2) is 0 Å². The molecule has 0 aromatic carbocycles. The normalized spacial score (nSPS) is 41.5. The molecule has 0 bridgehead atoms. The van der Waals surface area contributed by atoms with Gasteiger partial charge in [-0.15, -0.1) is 0 Å².